The van der Waals surface area contributed by atoms with Crippen molar-refractivity contribution in [1.82, 2.24) is 0 Å². The molecule has 2 aromatic carbocycles. The fraction of sp³-hybridized carbons (Fsp3) is 0.294. The second-order valence-electron chi connectivity index (χ2n) is 5.65. The third-order valence-corrected chi connectivity index (χ3v) is 6.29. The number of aryl methyl sites for hydroxylation is 2. The average Bonchev–Trinajstić information content (AvgIpc) is 2.44. The van der Waals surface area contributed by atoms with Crippen molar-refractivity contribution < 1.29 is 18.6 Å². The van der Waals surface area contributed by atoms with Gasteiger partial charge in [-0.25, -0.2) is 8.42 Å². The molecular formula is C17H20O4S. The molecule has 2 aromatic rings. The molecule has 118 valence electrons. The zero-order valence-electron chi connectivity index (χ0n) is 13.4. The average molecular weight is 320 g/mol. The summed E-state index contributed by atoms with van der Waals surface area (Å²) in [4.78, 5) is -0.0737. The molecular weight excluding hydrogens is 300 g/mol. The molecule has 0 radical (unpaired) electrons. The molecule has 0 bridgehead atoms. The highest BCUT2D eigenvalue weighted by atomic mass is 32.2. The van der Waals surface area contributed by atoms with Gasteiger partial charge >= 0.3 is 0 Å². The summed E-state index contributed by atoms with van der Waals surface area (Å²) in [5.41, 5.74) is 2.93. The van der Waals surface area contributed by atoms with E-state index < -0.39 is 9.84 Å². The van der Waals surface area contributed by atoms with Gasteiger partial charge in [-0.2, -0.15) is 0 Å². The van der Waals surface area contributed by atoms with Crippen LogP contribution in [0.3, 0.4) is 0 Å². The van der Waals surface area contributed by atoms with Gasteiger partial charge in [0.05, 0.1) is 4.90 Å². The molecule has 0 aliphatic rings. The minimum absolute atomic E-state index is 0.0247. The summed E-state index contributed by atoms with van der Waals surface area (Å²) in [7, 11) is -3.93. The summed E-state index contributed by atoms with van der Waals surface area (Å²) in [5, 5.41) is 20.2. The van der Waals surface area contributed by atoms with E-state index in [4.69, 9.17) is 0 Å². The van der Waals surface area contributed by atoms with E-state index >= 15 is 0 Å². The van der Waals surface area contributed by atoms with Gasteiger partial charge in [-0.05, 0) is 69.0 Å². The summed E-state index contributed by atoms with van der Waals surface area (Å²) in [5.74, 6) is -0.302. The van der Waals surface area contributed by atoms with E-state index in [1.54, 1.807) is 46.8 Å². The largest absolute Gasteiger partial charge is 0.507 e. The van der Waals surface area contributed by atoms with E-state index in [2.05, 4.69) is 0 Å². The lowest BCUT2D eigenvalue weighted by Gasteiger charge is -2.16. The highest BCUT2D eigenvalue weighted by Gasteiger charge is 2.28. The molecule has 0 fully saturated rings. The van der Waals surface area contributed by atoms with Crippen LogP contribution in [0.25, 0.3) is 0 Å². The standard InChI is InChI=1S/C17H20O4S/c1-9-6-7-14(18)17(12(9)4)22(20,21)15-8-10(2)11(3)16(19)13(15)5/h6-8,18-19H,1-5H3. The predicted molar refractivity (Wildman–Crippen MR) is 85.4 cm³/mol. The third kappa shape index (κ3) is 2.35. The highest BCUT2D eigenvalue weighted by molar-refractivity contribution is 7.91. The van der Waals surface area contributed by atoms with Crippen LogP contribution in [0.1, 0.15) is 27.8 Å². The lowest BCUT2D eigenvalue weighted by molar-refractivity contribution is 0.455. The monoisotopic (exact) mass is 320 g/mol. The van der Waals surface area contributed by atoms with Gasteiger partial charge < -0.3 is 10.2 Å². The molecule has 0 saturated carbocycles. The number of hydrogen-bond acceptors (Lipinski definition) is 4. The van der Waals surface area contributed by atoms with Crippen molar-refractivity contribution in [2.75, 3.05) is 0 Å². The topological polar surface area (TPSA) is 74.6 Å². The van der Waals surface area contributed by atoms with Crippen LogP contribution in [-0.2, 0) is 9.84 Å². The fourth-order valence-electron chi connectivity index (χ4n) is 2.50. The number of benzene rings is 2. The molecule has 0 heterocycles. The second kappa shape index (κ2) is 5.32. The molecule has 22 heavy (non-hydrogen) atoms. The molecule has 0 aromatic heterocycles. The van der Waals surface area contributed by atoms with E-state index in [0.717, 1.165) is 5.56 Å². The van der Waals surface area contributed by atoms with Crippen LogP contribution < -0.4 is 0 Å². The maximum Gasteiger partial charge on any atom is 0.210 e. The summed E-state index contributed by atoms with van der Waals surface area (Å²) in [6.07, 6.45) is 0. The second-order valence-corrected chi connectivity index (χ2v) is 7.50. The van der Waals surface area contributed by atoms with Crippen molar-refractivity contribution in [3.8, 4) is 11.5 Å². The molecule has 0 amide bonds. The van der Waals surface area contributed by atoms with Crippen molar-refractivity contribution in [2.24, 2.45) is 0 Å². The minimum Gasteiger partial charge on any atom is -0.507 e. The maximum atomic E-state index is 13.0. The van der Waals surface area contributed by atoms with E-state index in [9.17, 15) is 18.6 Å². The number of rotatable bonds is 2. The van der Waals surface area contributed by atoms with Gasteiger partial charge in [0.1, 0.15) is 16.4 Å². The molecule has 0 saturated heterocycles. The Morgan fingerprint density at radius 1 is 0.818 bits per heavy atom. The summed E-state index contributed by atoms with van der Waals surface area (Å²) < 4.78 is 26.0. The van der Waals surface area contributed by atoms with Gasteiger partial charge in [-0.15, -0.1) is 0 Å². The van der Waals surface area contributed by atoms with Crippen molar-refractivity contribution in [3.05, 3.63) is 46.0 Å². The van der Waals surface area contributed by atoms with Crippen LogP contribution in [0.5, 0.6) is 11.5 Å². The maximum absolute atomic E-state index is 13.0. The number of hydrogen-bond donors (Lipinski definition) is 2. The SMILES string of the molecule is Cc1cc(S(=O)(=O)c2c(O)ccc(C)c2C)c(C)c(O)c1C. The first-order valence-corrected chi connectivity index (χ1v) is 8.41. The van der Waals surface area contributed by atoms with Crippen LogP contribution in [0.15, 0.2) is 28.0 Å². The normalized spacial score (nSPS) is 11.7. The third-order valence-electron chi connectivity index (χ3n) is 4.23. The fourth-order valence-corrected chi connectivity index (χ4v) is 4.46. The number of phenols is 2. The van der Waals surface area contributed by atoms with Crippen molar-refractivity contribution in [1.29, 1.82) is 0 Å². The Hall–Kier alpha value is -2.01. The van der Waals surface area contributed by atoms with E-state index in [0.29, 0.717) is 22.3 Å². The molecule has 0 unspecified atom stereocenters. The number of phenolic OH excluding ortho intramolecular Hbond substituents is 2. The molecule has 2 rings (SSSR count). The van der Waals surface area contributed by atoms with Gasteiger partial charge in [0.2, 0.25) is 9.84 Å². The Morgan fingerprint density at radius 2 is 1.41 bits per heavy atom. The van der Waals surface area contributed by atoms with Gasteiger partial charge in [-0.1, -0.05) is 6.07 Å². The van der Waals surface area contributed by atoms with Crippen molar-refractivity contribution >= 4 is 9.84 Å². The van der Waals surface area contributed by atoms with Crippen LogP contribution in [-0.4, -0.2) is 18.6 Å². The van der Waals surface area contributed by atoms with Gasteiger partial charge in [0.25, 0.3) is 0 Å². The highest BCUT2D eigenvalue weighted by Crippen LogP contribution is 2.38. The predicted octanol–water partition coefficient (Wildman–Crippen LogP) is 3.47. The lowest BCUT2D eigenvalue weighted by atomic mass is 10.1. The van der Waals surface area contributed by atoms with Crippen LogP contribution in [0, 0.1) is 34.6 Å². The Balaban J connectivity index is 2.87. The Bertz CT molecular complexity index is 865. The minimum atomic E-state index is -3.93. The quantitative estimate of drug-likeness (QED) is 0.888. The van der Waals surface area contributed by atoms with Crippen LogP contribution in [0.2, 0.25) is 0 Å². The zero-order chi connectivity index (χ0) is 16.8. The van der Waals surface area contributed by atoms with Crippen LogP contribution in [0.4, 0.5) is 0 Å². The van der Waals surface area contributed by atoms with Gasteiger partial charge in [0, 0.05) is 5.56 Å². The van der Waals surface area contributed by atoms with Gasteiger partial charge in [0.15, 0.2) is 0 Å². The molecule has 0 aliphatic carbocycles. The Kier molecular flexibility index (Phi) is 3.96. The van der Waals surface area contributed by atoms with E-state index in [1.165, 1.54) is 6.07 Å². The first-order valence-electron chi connectivity index (χ1n) is 6.93. The lowest BCUT2D eigenvalue weighted by Crippen LogP contribution is -2.08. The van der Waals surface area contributed by atoms with Crippen molar-refractivity contribution in [3.63, 3.8) is 0 Å². The number of sulfone groups is 1. The van der Waals surface area contributed by atoms with Crippen molar-refractivity contribution in [2.45, 2.75) is 44.4 Å². The smallest absolute Gasteiger partial charge is 0.210 e. The molecule has 0 spiro atoms. The summed E-state index contributed by atoms with van der Waals surface area (Å²) in [6.45, 7) is 8.51. The summed E-state index contributed by atoms with van der Waals surface area (Å²) >= 11 is 0. The van der Waals surface area contributed by atoms with Gasteiger partial charge in [-0.3, -0.25) is 0 Å². The molecule has 5 heteroatoms. The first-order chi connectivity index (χ1) is 10.1. The molecule has 0 atom stereocenters. The zero-order valence-corrected chi connectivity index (χ0v) is 14.2. The van der Waals surface area contributed by atoms with Crippen LogP contribution >= 0.6 is 0 Å². The first kappa shape index (κ1) is 16.4. The number of aromatic hydroxyl groups is 2. The molecule has 4 nitrogen and oxygen atoms in total. The Labute approximate surface area is 131 Å². The molecule has 0 aliphatic heterocycles. The van der Waals surface area contributed by atoms with E-state index in [-0.39, 0.29) is 21.3 Å². The molecule has 2 N–H and O–H groups in total. The Morgan fingerprint density at radius 3 is 2.00 bits per heavy atom. The summed E-state index contributed by atoms with van der Waals surface area (Å²) in [6, 6.07) is 4.60. The van der Waals surface area contributed by atoms with E-state index in [1.807, 2.05) is 0 Å².